The number of ether oxygens (including phenoxy) is 3. The lowest BCUT2D eigenvalue weighted by atomic mass is 10.1. The first-order valence-corrected chi connectivity index (χ1v) is 10.4. The quantitative estimate of drug-likeness (QED) is 0.600. The highest BCUT2D eigenvalue weighted by Gasteiger charge is 2.20. The van der Waals surface area contributed by atoms with Gasteiger partial charge in [-0.25, -0.2) is 4.68 Å². The molecule has 9 heteroatoms. The van der Waals surface area contributed by atoms with Gasteiger partial charge < -0.3 is 19.5 Å². The van der Waals surface area contributed by atoms with Gasteiger partial charge in [0.15, 0.2) is 5.75 Å². The van der Waals surface area contributed by atoms with Crippen LogP contribution in [-0.2, 0) is 9.53 Å². The Balaban J connectivity index is 1.68. The first kappa shape index (κ1) is 22.8. The molecule has 0 saturated carbocycles. The highest BCUT2D eigenvalue weighted by Crippen LogP contribution is 2.28. The van der Waals surface area contributed by atoms with E-state index >= 15 is 0 Å². The van der Waals surface area contributed by atoms with Crippen molar-refractivity contribution in [3.05, 3.63) is 40.7 Å². The number of methoxy groups -OCH3 is 2. The van der Waals surface area contributed by atoms with Crippen molar-refractivity contribution in [1.82, 2.24) is 20.0 Å². The van der Waals surface area contributed by atoms with E-state index in [0.29, 0.717) is 23.7 Å². The minimum atomic E-state index is -0.751. The molecule has 1 amide bonds. The van der Waals surface area contributed by atoms with Gasteiger partial charge >= 0.3 is 0 Å². The van der Waals surface area contributed by atoms with Gasteiger partial charge in [0.05, 0.1) is 27.4 Å². The predicted molar refractivity (Wildman–Crippen MR) is 117 cm³/mol. The molecule has 1 atom stereocenters. The van der Waals surface area contributed by atoms with Crippen LogP contribution < -0.4 is 20.3 Å². The van der Waals surface area contributed by atoms with E-state index in [4.69, 9.17) is 14.2 Å². The number of nitrogens with one attached hydrogen (secondary N) is 1. The second-order valence-electron chi connectivity index (χ2n) is 7.35. The van der Waals surface area contributed by atoms with Crippen LogP contribution in [0.2, 0.25) is 0 Å². The van der Waals surface area contributed by atoms with Crippen LogP contribution >= 0.6 is 0 Å². The van der Waals surface area contributed by atoms with Gasteiger partial charge in [-0.1, -0.05) is 0 Å². The van der Waals surface area contributed by atoms with Gasteiger partial charge in [-0.15, -0.1) is 0 Å². The van der Waals surface area contributed by atoms with Crippen molar-refractivity contribution in [3.8, 4) is 22.8 Å². The van der Waals surface area contributed by atoms with Crippen molar-refractivity contribution in [3.63, 3.8) is 0 Å². The van der Waals surface area contributed by atoms with Crippen molar-refractivity contribution in [1.29, 1.82) is 0 Å². The van der Waals surface area contributed by atoms with Gasteiger partial charge in [0, 0.05) is 31.3 Å². The molecular weight excluding hydrogens is 400 g/mol. The van der Waals surface area contributed by atoms with Crippen LogP contribution in [0.5, 0.6) is 11.5 Å². The molecule has 2 aromatic rings. The summed E-state index contributed by atoms with van der Waals surface area (Å²) in [6.45, 7) is 6.46. The summed E-state index contributed by atoms with van der Waals surface area (Å²) >= 11 is 0. The second kappa shape index (κ2) is 10.9. The molecule has 1 fully saturated rings. The molecule has 0 radical (unpaired) electrons. The normalized spacial score (nSPS) is 15.3. The highest BCUT2D eigenvalue weighted by atomic mass is 16.5. The Hall–Kier alpha value is -2.91. The molecule has 3 rings (SSSR count). The monoisotopic (exact) mass is 430 g/mol. The molecule has 1 N–H and O–H groups in total. The molecular formula is C22H30N4O5. The highest BCUT2D eigenvalue weighted by molar-refractivity contribution is 5.79. The number of rotatable bonds is 9. The number of carbonyl (C=O) groups excluding carboxylic acids is 1. The summed E-state index contributed by atoms with van der Waals surface area (Å²) in [5.74, 6) is 0.813. The van der Waals surface area contributed by atoms with Crippen molar-refractivity contribution in [2.75, 3.05) is 53.6 Å². The van der Waals surface area contributed by atoms with Gasteiger partial charge in [0.25, 0.3) is 5.56 Å². The molecule has 0 spiro atoms. The minimum absolute atomic E-state index is 0.248. The Bertz CT molecular complexity index is 922. The van der Waals surface area contributed by atoms with Crippen molar-refractivity contribution >= 4 is 5.91 Å². The van der Waals surface area contributed by atoms with Crippen molar-refractivity contribution < 1.29 is 19.0 Å². The van der Waals surface area contributed by atoms with E-state index < -0.39 is 11.6 Å². The van der Waals surface area contributed by atoms with Gasteiger partial charge in [0.2, 0.25) is 5.91 Å². The summed E-state index contributed by atoms with van der Waals surface area (Å²) in [7, 11) is 3.08. The van der Waals surface area contributed by atoms with Crippen molar-refractivity contribution in [2.24, 2.45) is 0 Å². The summed E-state index contributed by atoms with van der Waals surface area (Å²) in [6, 6.07) is 7.87. The Morgan fingerprint density at radius 2 is 1.90 bits per heavy atom. The van der Waals surface area contributed by atoms with Gasteiger partial charge in [-0.3, -0.25) is 14.5 Å². The predicted octanol–water partition coefficient (Wildman–Crippen LogP) is 1.33. The van der Waals surface area contributed by atoms with Crippen LogP contribution in [0, 0.1) is 0 Å². The maximum Gasteiger partial charge on any atom is 0.271 e. The molecule has 1 aromatic carbocycles. The average Bonchev–Trinajstić information content (AvgIpc) is 2.81. The standard InChI is InChI=1S/C22H30N4O5/c1-16(22(28)23-9-4-10-25-11-13-31-14-12-25)26-20(27)15-19(30-3)21(24-26)17-5-7-18(29-2)8-6-17/h5-8,15-16H,4,9-14H2,1-3H3,(H,23,28)/t16-/m1/s1. The maximum atomic E-state index is 12.6. The molecule has 31 heavy (non-hydrogen) atoms. The molecule has 0 aliphatic carbocycles. The van der Waals surface area contributed by atoms with E-state index in [9.17, 15) is 9.59 Å². The fourth-order valence-corrected chi connectivity index (χ4v) is 3.43. The fourth-order valence-electron chi connectivity index (χ4n) is 3.43. The first-order valence-electron chi connectivity index (χ1n) is 10.4. The molecule has 1 aliphatic heterocycles. The first-order chi connectivity index (χ1) is 15.0. The summed E-state index contributed by atoms with van der Waals surface area (Å²) in [4.78, 5) is 27.5. The Kier molecular flexibility index (Phi) is 8.02. The lowest BCUT2D eigenvalue weighted by molar-refractivity contribution is -0.124. The fraction of sp³-hybridized carbons (Fsp3) is 0.500. The minimum Gasteiger partial charge on any atom is -0.497 e. The molecule has 0 unspecified atom stereocenters. The number of morpholine rings is 1. The summed E-state index contributed by atoms with van der Waals surface area (Å²) < 4.78 is 17.1. The number of carbonyl (C=O) groups is 1. The zero-order valence-corrected chi connectivity index (χ0v) is 18.3. The van der Waals surface area contributed by atoms with Crippen LogP contribution in [0.15, 0.2) is 35.1 Å². The molecule has 1 aromatic heterocycles. The van der Waals surface area contributed by atoms with Gasteiger partial charge in [0.1, 0.15) is 17.5 Å². The second-order valence-corrected chi connectivity index (χ2v) is 7.35. The zero-order chi connectivity index (χ0) is 22.2. The van der Waals surface area contributed by atoms with Crippen LogP contribution in [0.25, 0.3) is 11.3 Å². The third kappa shape index (κ3) is 5.83. The van der Waals surface area contributed by atoms with E-state index in [2.05, 4.69) is 15.3 Å². The molecule has 2 heterocycles. The molecule has 168 valence electrons. The van der Waals surface area contributed by atoms with E-state index in [1.807, 2.05) is 12.1 Å². The zero-order valence-electron chi connectivity index (χ0n) is 18.3. The van der Waals surface area contributed by atoms with Crippen LogP contribution in [-0.4, -0.2) is 74.2 Å². The summed E-state index contributed by atoms with van der Waals surface area (Å²) in [5.41, 5.74) is 0.839. The summed E-state index contributed by atoms with van der Waals surface area (Å²) in [5, 5.41) is 7.35. The molecule has 9 nitrogen and oxygen atoms in total. The maximum absolute atomic E-state index is 12.6. The number of benzene rings is 1. The smallest absolute Gasteiger partial charge is 0.271 e. The number of hydrogen-bond donors (Lipinski definition) is 1. The van der Waals surface area contributed by atoms with Gasteiger partial charge in [-0.05, 0) is 44.2 Å². The largest absolute Gasteiger partial charge is 0.497 e. The average molecular weight is 431 g/mol. The molecule has 1 saturated heterocycles. The van der Waals surface area contributed by atoms with Crippen LogP contribution in [0.4, 0.5) is 0 Å². The summed E-state index contributed by atoms with van der Waals surface area (Å²) in [6.07, 6.45) is 0.834. The van der Waals surface area contributed by atoms with Gasteiger partial charge in [-0.2, -0.15) is 5.10 Å². The Labute approximate surface area is 181 Å². The number of amides is 1. The Morgan fingerprint density at radius 1 is 1.19 bits per heavy atom. The molecule has 1 aliphatic rings. The molecule has 0 bridgehead atoms. The number of hydrogen-bond acceptors (Lipinski definition) is 7. The lowest BCUT2D eigenvalue weighted by Gasteiger charge is -2.26. The van der Waals surface area contributed by atoms with E-state index in [-0.39, 0.29) is 5.91 Å². The lowest BCUT2D eigenvalue weighted by Crippen LogP contribution is -2.40. The number of nitrogens with zero attached hydrogens (tertiary/aromatic N) is 3. The third-order valence-corrected chi connectivity index (χ3v) is 5.31. The van der Waals surface area contributed by atoms with Crippen LogP contribution in [0.1, 0.15) is 19.4 Å². The Morgan fingerprint density at radius 3 is 2.55 bits per heavy atom. The number of aromatic nitrogens is 2. The van der Waals surface area contributed by atoms with Crippen molar-refractivity contribution in [2.45, 2.75) is 19.4 Å². The van der Waals surface area contributed by atoms with E-state index in [1.54, 1.807) is 26.2 Å². The van der Waals surface area contributed by atoms with E-state index in [0.717, 1.165) is 44.8 Å². The topological polar surface area (TPSA) is 94.9 Å². The van der Waals surface area contributed by atoms with Crippen LogP contribution in [0.3, 0.4) is 0 Å². The third-order valence-electron chi connectivity index (χ3n) is 5.31. The van der Waals surface area contributed by atoms with E-state index in [1.165, 1.54) is 17.9 Å². The SMILES string of the molecule is COc1ccc(-c2nn([C@H](C)C(=O)NCCCN3CCOCC3)c(=O)cc2OC)cc1.